The second kappa shape index (κ2) is 6.10. The van der Waals surface area contributed by atoms with Gasteiger partial charge < -0.3 is 10.2 Å². The van der Waals surface area contributed by atoms with Crippen molar-refractivity contribution in [2.24, 2.45) is 51.2 Å². The predicted molar refractivity (Wildman–Crippen MR) is 116 cm³/mol. The van der Waals surface area contributed by atoms with Crippen LogP contribution in [0.3, 0.4) is 0 Å². The second-order valence-electron chi connectivity index (χ2n) is 12.6. The van der Waals surface area contributed by atoms with Gasteiger partial charge in [-0.2, -0.15) is 0 Å². The highest BCUT2D eigenvalue weighted by Crippen LogP contribution is 2.73. The molecule has 4 aliphatic rings. The van der Waals surface area contributed by atoms with E-state index in [-0.39, 0.29) is 33.9 Å². The van der Waals surface area contributed by atoms with Crippen LogP contribution in [0.1, 0.15) is 87.5 Å². The Balaban J connectivity index is 1.82. The quantitative estimate of drug-likeness (QED) is 0.555. The van der Waals surface area contributed by atoms with Gasteiger partial charge in [-0.25, -0.2) is 0 Å². The molecule has 0 aromatic carbocycles. The van der Waals surface area contributed by atoms with Gasteiger partial charge in [-0.3, -0.25) is 0 Å². The van der Waals surface area contributed by atoms with Gasteiger partial charge in [0.2, 0.25) is 0 Å². The summed E-state index contributed by atoms with van der Waals surface area (Å²) >= 11 is 0. The molecule has 160 valence electrons. The summed E-state index contributed by atoms with van der Waals surface area (Å²) < 4.78 is 0. The first-order valence-corrected chi connectivity index (χ1v) is 11.9. The van der Waals surface area contributed by atoms with Crippen LogP contribution < -0.4 is 0 Å². The fourth-order valence-electron chi connectivity index (χ4n) is 9.60. The molecule has 0 bridgehead atoms. The van der Waals surface area contributed by atoms with Gasteiger partial charge in [0.15, 0.2) is 0 Å². The van der Waals surface area contributed by atoms with Gasteiger partial charge in [0, 0.05) is 5.41 Å². The van der Waals surface area contributed by atoms with E-state index in [1.54, 1.807) is 5.57 Å². The molecule has 4 aliphatic carbocycles. The van der Waals surface area contributed by atoms with Crippen LogP contribution in [0.2, 0.25) is 0 Å². The summed E-state index contributed by atoms with van der Waals surface area (Å²) in [6, 6.07) is 0. The number of aliphatic hydroxyl groups excluding tert-OH is 2. The fraction of sp³-hybridized carbons (Fsp3) is 0.923. The third-order valence-electron chi connectivity index (χ3n) is 11.1. The minimum Gasteiger partial charge on any atom is -0.393 e. The smallest absolute Gasteiger partial charge is 0.0633 e. The molecule has 0 amide bonds. The van der Waals surface area contributed by atoms with Gasteiger partial charge in [0.05, 0.1) is 12.2 Å². The summed E-state index contributed by atoms with van der Waals surface area (Å²) in [5, 5.41) is 22.4. The van der Waals surface area contributed by atoms with E-state index in [2.05, 4.69) is 61.5 Å². The molecule has 0 radical (unpaired) electrons. The molecule has 3 fully saturated rings. The van der Waals surface area contributed by atoms with E-state index in [0.29, 0.717) is 29.6 Å². The van der Waals surface area contributed by atoms with E-state index >= 15 is 0 Å². The van der Waals surface area contributed by atoms with Crippen LogP contribution in [0.4, 0.5) is 0 Å². The Morgan fingerprint density at radius 2 is 1.64 bits per heavy atom. The Labute approximate surface area is 173 Å². The van der Waals surface area contributed by atoms with Gasteiger partial charge in [-0.1, -0.05) is 67.0 Å². The largest absolute Gasteiger partial charge is 0.393 e. The fourth-order valence-corrected chi connectivity index (χ4v) is 9.60. The Morgan fingerprint density at radius 1 is 1.00 bits per heavy atom. The van der Waals surface area contributed by atoms with Crippen molar-refractivity contribution in [2.45, 2.75) is 99.7 Å². The zero-order valence-corrected chi connectivity index (χ0v) is 19.5. The molecule has 3 saturated carbocycles. The van der Waals surface area contributed by atoms with Crippen LogP contribution in [0, 0.1) is 51.2 Å². The van der Waals surface area contributed by atoms with E-state index in [1.807, 2.05) is 0 Å². The first-order chi connectivity index (χ1) is 12.8. The number of aliphatic hydroxyl groups is 2. The Kier molecular flexibility index (Phi) is 4.55. The van der Waals surface area contributed by atoms with Crippen molar-refractivity contribution in [3.63, 3.8) is 0 Å². The summed E-state index contributed by atoms with van der Waals surface area (Å²) in [5.74, 6) is 2.55. The summed E-state index contributed by atoms with van der Waals surface area (Å²) in [6.45, 7) is 19.0. The molecule has 2 N–H and O–H groups in total. The normalized spacial score (nSPS) is 55.3. The molecule has 9 atom stereocenters. The lowest BCUT2D eigenvalue weighted by molar-refractivity contribution is -0.132. The average Bonchev–Trinajstić information content (AvgIpc) is 2.76. The molecule has 0 aromatic rings. The molecule has 2 heteroatoms. The van der Waals surface area contributed by atoms with Gasteiger partial charge in [-0.05, 0) is 77.9 Å². The van der Waals surface area contributed by atoms with E-state index in [1.165, 1.54) is 12.8 Å². The van der Waals surface area contributed by atoms with Crippen LogP contribution in [-0.4, -0.2) is 22.4 Å². The van der Waals surface area contributed by atoms with Gasteiger partial charge >= 0.3 is 0 Å². The molecule has 2 nitrogen and oxygen atoms in total. The average molecular weight is 389 g/mol. The monoisotopic (exact) mass is 388 g/mol. The lowest BCUT2D eigenvalue weighted by atomic mass is 9.41. The lowest BCUT2D eigenvalue weighted by Crippen LogP contribution is -2.59. The van der Waals surface area contributed by atoms with Gasteiger partial charge in [-0.15, -0.1) is 0 Å². The summed E-state index contributed by atoms with van der Waals surface area (Å²) in [6.07, 6.45) is 7.67. The van der Waals surface area contributed by atoms with Crippen LogP contribution in [0.5, 0.6) is 0 Å². The molecule has 4 rings (SSSR count). The topological polar surface area (TPSA) is 40.5 Å². The molecule has 2 unspecified atom stereocenters. The van der Waals surface area contributed by atoms with Crippen molar-refractivity contribution < 1.29 is 10.2 Å². The van der Waals surface area contributed by atoms with Crippen molar-refractivity contribution in [3.05, 3.63) is 11.6 Å². The zero-order chi connectivity index (χ0) is 20.9. The molecule has 0 spiro atoms. The Bertz CT molecular complexity index is 678. The maximum Gasteiger partial charge on any atom is 0.0633 e. The van der Waals surface area contributed by atoms with E-state index in [9.17, 15) is 10.2 Å². The molecule has 0 saturated heterocycles. The van der Waals surface area contributed by atoms with Gasteiger partial charge in [0.1, 0.15) is 0 Å². The highest BCUT2D eigenvalue weighted by molar-refractivity contribution is 5.34. The maximum atomic E-state index is 11.6. The Hall–Kier alpha value is -0.340. The standard InChI is InChI=1S/C26H44O2/c1-15(2)21-16(3)22(28)26(8)18-9-10-19-23(4,5)20(27)12-13-24(19,6)17(18)11-14-25(21,26)7/h11,15-16,18-22,27-28H,9-10,12-14H2,1-8H3/t16-,18?,19?,20-,21-,22-,24+,25+,26+/m0/s1. The van der Waals surface area contributed by atoms with Gasteiger partial charge in [0.25, 0.3) is 0 Å². The molecular formula is C26H44O2. The molecular weight excluding hydrogens is 344 g/mol. The first kappa shape index (κ1) is 20.9. The third kappa shape index (κ3) is 2.23. The Morgan fingerprint density at radius 3 is 2.25 bits per heavy atom. The van der Waals surface area contributed by atoms with Crippen molar-refractivity contribution >= 4 is 0 Å². The van der Waals surface area contributed by atoms with Crippen molar-refractivity contribution in [3.8, 4) is 0 Å². The van der Waals surface area contributed by atoms with Crippen LogP contribution >= 0.6 is 0 Å². The minimum atomic E-state index is -0.221. The number of rotatable bonds is 1. The van der Waals surface area contributed by atoms with Crippen molar-refractivity contribution in [1.29, 1.82) is 0 Å². The van der Waals surface area contributed by atoms with E-state index in [0.717, 1.165) is 19.3 Å². The van der Waals surface area contributed by atoms with Crippen LogP contribution in [-0.2, 0) is 0 Å². The summed E-state index contributed by atoms with van der Waals surface area (Å²) in [5.41, 5.74) is 1.91. The third-order valence-corrected chi connectivity index (χ3v) is 11.1. The first-order valence-electron chi connectivity index (χ1n) is 11.9. The number of fused-ring (bicyclic) bond motifs is 5. The zero-order valence-electron chi connectivity index (χ0n) is 19.5. The SMILES string of the molecule is CC(C)[C@H]1[C@H](C)[C@H](O)[C@@]2(C)C3CCC4C(C)(C)[C@@H](O)CC[C@]4(C)C3=CC[C@]12C. The molecule has 0 aliphatic heterocycles. The predicted octanol–water partition coefficient (Wildman–Crippen LogP) is 5.83. The van der Waals surface area contributed by atoms with Crippen molar-refractivity contribution in [1.82, 2.24) is 0 Å². The number of hydrogen-bond acceptors (Lipinski definition) is 2. The minimum absolute atomic E-state index is 0.0253. The highest BCUT2D eigenvalue weighted by Gasteiger charge is 2.69. The number of allylic oxidation sites excluding steroid dienone is 2. The second-order valence-corrected chi connectivity index (χ2v) is 12.6. The number of hydrogen-bond donors (Lipinski definition) is 2. The molecule has 0 aromatic heterocycles. The van der Waals surface area contributed by atoms with Crippen LogP contribution in [0.25, 0.3) is 0 Å². The molecule has 28 heavy (non-hydrogen) atoms. The maximum absolute atomic E-state index is 11.6. The summed E-state index contributed by atoms with van der Waals surface area (Å²) in [7, 11) is 0. The van der Waals surface area contributed by atoms with Crippen LogP contribution in [0.15, 0.2) is 11.6 Å². The molecule has 0 heterocycles. The van der Waals surface area contributed by atoms with Crippen molar-refractivity contribution in [2.75, 3.05) is 0 Å². The summed E-state index contributed by atoms with van der Waals surface area (Å²) in [4.78, 5) is 0. The van der Waals surface area contributed by atoms with E-state index < -0.39 is 0 Å². The lowest BCUT2D eigenvalue weighted by Gasteiger charge is -2.64. The highest BCUT2D eigenvalue weighted by atomic mass is 16.3. The van der Waals surface area contributed by atoms with E-state index in [4.69, 9.17) is 0 Å².